The number of rotatable bonds is 58. The predicted molar refractivity (Wildman–Crippen MR) is 300 cm³/mol. The molecular weight excluding hydrogens is 887 g/mol. The summed E-state index contributed by atoms with van der Waals surface area (Å²) in [7, 11) is 5.98. The standard InChI is InChI=1S/C62H119NO8/c1-6-8-10-12-14-16-18-20-22-24-26-28-29-30-31-33-34-36-38-40-42-44-46-48-50-52-59(64)69-56-58(57-70-62(61(66)67)68-55-54-63(3,4)5)71-60(65)53-51-49-47-45-43-41-39-37-35-32-27-25-23-21-19-17-15-13-11-9-7-2/h25,27,58,62H,6-24,26,28-57H2,1-5H3/p+1/b27-25-. The summed E-state index contributed by atoms with van der Waals surface area (Å²) in [5, 5.41) is 9.71. The number of hydrogen-bond acceptors (Lipinski definition) is 7. The molecule has 0 aliphatic heterocycles. The number of nitrogens with zero attached hydrogens (tertiary/aromatic N) is 1. The van der Waals surface area contributed by atoms with Crippen LogP contribution in [0.1, 0.15) is 309 Å². The third kappa shape index (κ3) is 55.6. The third-order valence-electron chi connectivity index (χ3n) is 14.0. The first-order valence-electron chi connectivity index (χ1n) is 30.9. The minimum absolute atomic E-state index is 0.176. The van der Waals surface area contributed by atoms with E-state index in [4.69, 9.17) is 18.9 Å². The number of carboxylic acids is 1. The molecule has 0 radical (unpaired) electrons. The zero-order valence-electron chi connectivity index (χ0n) is 47.9. The zero-order chi connectivity index (χ0) is 52.0. The molecule has 0 rings (SSSR count). The number of ether oxygens (including phenoxy) is 4. The number of unbranched alkanes of at least 4 members (excludes halogenated alkanes) is 41. The van der Waals surface area contributed by atoms with Gasteiger partial charge < -0.3 is 28.5 Å². The lowest BCUT2D eigenvalue weighted by atomic mass is 10.0. The summed E-state index contributed by atoms with van der Waals surface area (Å²) in [4.78, 5) is 37.5. The van der Waals surface area contributed by atoms with Crippen LogP contribution in [0, 0.1) is 0 Å². The molecule has 71 heavy (non-hydrogen) atoms. The maximum Gasteiger partial charge on any atom is 0.361 e. The normalized spacial score (nSPS) is 12.7. The Morgan fingerprint density at radius 2 is 0.718 bits per heavy atom. The Morgan fingerprint density at radius 3 is 1.04 bits per heavy atom. The van der Waals surface area contributed by atoms with Crippen LogP contribution >= 0.6 is 0 Å². The summed E-state index contributed by atoms with van der Waals surface area (Å²) in [5.74, 6) is -1.98. The molecule has 0 heterocycles. The monoisotopic (exact) mass is 1010 g/mol. The molecule has 0 aromatic rings. The van der Waals surface area contributed by atoms with Crippen molar-refractivity contribution >= 4 is 17.9 Å². The first kappa shape index (κ1) is 69.0. The highest BCUT2D eigenvalue weighted by Gasteiger charge is 2.25. The van der Waals surface area contributed by atoms with Gasteiger partial charge >= 0.3 is 17.9 Å². The van der Waals surface area contributed by atoms with Crippen molar-refractivity contribution in [1.82, 2.24) is 0 Å². The van der Waals surface area contributed by atoms with Gasteiger partial charge in [0.15, 0.2) is 6.10 Å². The molecule has 9 heteroatoms. The largest absolute Gasteiger partial charge is 0.477 e. The van der Waals surface area contributed by atoms with Crippen LogP contribution in [-0.2, 0) is 33.3 Å². The number of likely N-dealkylation sites (N-methyl/N-ethyl adjacent to an activating group) is 1. The molecule has 0 saturated carbocycles. The first-order valence-corrected chi connectivity index (χ1v) is 30.9. The average Bonchev–Trinajstić information content (AvgIpc) is 3.34. The summed E-state index contributed by atoms with van der Waals surface area (Å²) < 4.78 is 22.9. The fourth-order valence-corrected chi connectivity index (χ4v) is 9.25. The second kappa shape index (κ2) is 54.3. The zero-order valence-corrected chi connectivity index (χ0v) is 47.9. The number of allylic oxidation sites excluding steroid dienone is 2. The SMILES string of the molecule is CCCCCCCCCC/C=C\CCCCCCCCCCCC(=O)OC(COC(=O)CCCCCCCCCCCCCCCCCCCCCCCCCCC)COC(OCC[N+](C)(C)C)C(=O)O. The molecule has 0 aromatic heterocycles. The maximum absolute atomic E-state index is 12.9. The van der Waals surface area contributed by atoms with Gasteiger partial charge in [0.1, 0.15) is 13.2 Å². The molecule has 2 atom stereocenters. The van der Waals surface area contributed by atoms with Gasteiger partial charge in [-0.15, -0.1) is 0 Å². The van der Waals surface area contributed by atoms with Crippen molar-refractivity contribution in [2.24, 2.45) is 0 Å². The fraction of sp³-hybridized carbons (Fsp3) is 0.919. The van der Waals surface area contributed by atoms with Gasteiger partial charge in [-0.1, -0.05) is 270 Å². The summed E-state index contributed by atoms with van der Waals surface area (Å²) >= 11 is 0. The Hall–Kier alpha value is -1.97. The van der Waals surface area contributed by atoms with Gasteiger partial charge in [-0.05, 0) is 38.5 Å². The second-order valence-corrected chi connectivity index (χ2v) is 22.4. The van der Waals surface area contributed by atoms with Gasteiger partial charge in [-0.2, -0.15) is 0 Å². The van der Waals surface area contributed by atoms with E-state index < -0.39 is 18.4 Å². The van der Waals surface area contributed by atoms with Gasteiger partial charge in [-0.25, -0.2) is 4.79 Å². The highest BCUT2D eigenvalue weighted by atomic mass is 16.7. The van der Waals surface area contributed by atoms with E-state index in [1.807, 2.05) is 21.1 Å². The highest BCUT2D eigenvalue weighted by Crippen LogP contribution is 2.18. The molecular formula is C62H120NO8+. The van der Waals surface area contributed by atoms with Crippen LogP contribution in [0.5, 0.6) is 0 Å². The Balaban J connectivity index is 4.15. The summed E-state index contributed by atoms with van der Waals surface area (Å²) in [6.07, 6.45) is 60.1. The van der Waals surface area contributed by atoms with Crippen LogP contribution < -0.4 is 0 Å². The van der Waals surface area contributed by atoms with Crippen molar-refractivity contribution in [1.29, 1.82) is 0 Å². The Morgan fingerprint density at radius 1 is 0.408 bits per heavy atom. The van der Waals surface area contributed by atoms with Crippen LogP contribution in [0.3, 0.4) is 0 Å². The van der Waals surface area contributed by atoms with Crippen LogP contribution in [-0.4, -0.2) is 87.4 Å². The molecule has 0 saturated heterocycles. The van der Waals surface area contributed by atoms with Crippen molar-refractivity contribution in [2.45, 2.75) is 322 Å². The number of carbonyl (C=O) groups is 3. The smallest absolute Gasteiger partial charge is 0.361 e. The highest BCUT2D eigenvalue weighted by molar-refractivity contribution is 5.71. The number of hydrogen-bond donors (Lipinski definition) is 1. The molecule has 0 aliphatic carbocycles. The minimum Gasteiger partial charge on any atom is -0.477 e. The molecule has 2 unspecified atom stereocenters. The van der Waals surface area contributed by atoms with Gasteiger partial charge in [-0.3, -0.25) is 9.59 Å². The molecule has 0 aliphatic rings. The number of carbonyl (C=O) groups excluding carboxylic acids is 2. The summed E-state index contributed by atoms with van der Waals surface area (Å²) in [6, 6.07) is 0. The third-order valence-corrected chi connectivity index (χ3v) is 14.0. The lowest BCUT2D eigenvalue weighted by Crippen LogP contribution is -2.40. The molecule has 0 spiro atoms. The van der Waals surface area contributed by atoms with Crippen molar-refractivity contribution in [2.75, 3.05) is 47.5 Å². The van der Waals surface area contributed by atoms with Gasteiger partial charge in [0.2, 0.25) is 0 Å². The van der Waals surface area contributed by atoms with Crippen molar-refractivity contribution in [3.05, 3.63) is 12.2 Å². The molecule has 0 bridgehead atoms. The maximum atomic E-state index is 12.9. The van der Waals surface area contributed by atoms with Crippen molar-refractivity contribution < 1.29 is 42.9 Å². The van der Waals surface area contributed by atoms with Crippen LogP contribution in [0.25, 0.3) is 0 Å². The number of aliphatic carboxylic acids is 1. The molecule has 0 amide bonds. The van der Waals surface area contributed by atoms with E-state index in [0.29, 0.717) is 17.4 Å². The van der Waals surface area contributed by atoms with Gasteiger partial charge in [0.25, 0.3) is 6.29 Å². The van der Waals surface area contributed by atoms with Crippen LogP contribution in [0.2, 0.25) is 0 Å². The molecule has 0 fully saturated rings. The predicted octanol–water partition coefficient (Wildman–Crippen LogP) is 18.1. The van der Waals surface area contributed by atoms with Gasteiger partial charge in [0.05, 0.1) is 34.4 Å². The Kier molecular flexibility index (Phi) is 52.8. The minimum atomic E-state index is -1.51. The average molecular weight is 1010 g/mol. The van der Waals surface area contributed by atoms with Crippen LogP contribution in [0.4, 0.5) is 0 Å². The van der Waals surface area contributed by atoms with Crippen molar-refractivity contribution in [3.8, 4) is 0 Å². The van der Waals surface area contributed by atoms with Crippen LogP contribution in [0.15, 0.2) is 12.2 Å². The Bertz CT molecular complexity index is 1170. The second-order valence-electron chi connectivity index (χ2n) is 22.4. The topological polar surface area (TPSA) is 108 Å². The number of quaternary nitrogens is 1. The molecule has 0 aromatic carbocycles. The Labute approximate surface area is 440 Å². The molecule has 9 nitrogen and oxygen atoms in total. The van der Waals surface area contributed by atoms with Gasteiger partial charge in [0, 0.05) is 12.8 Å². The summed E-state index contributed by atoms with van der Waals surface area (Å²) in [6.45, 7) is 4.94. The van der Waals surface area contributed by atoms with E-state index in [1.165, 1.54) is 244 Å². The number of carboxylic acid groups (broad SMARTS) is 1. The lowest BCUT2D eigenvalue weighted by Gasteiger charge is -2.25. The number of esters is 2. The van der Waals surface area contributed by atoms with E-state index in [2.05, 4.69) is 26.0 Å². The fourth-order valence-electron chi connectivity index (χ4n) is 9.25. The molecule has 420 valence electrons. The quantitative estimate of drug-likeness (QED) is 0.0211. The van der Waals surface area contributed by atoms with E-state index in [9.17, 15) is 19.5 Å². The molecule has 1 N–H and O–H groups in total. The van der Waals surface area contributed by atoms with E-state index >= 15 is 0 Å². The van der Waals surface area contributed by atoms with E-state index in [0.717, 1.165) is 38.5 Å². The lowest BCUT2D eigenvalue weighted by molar-refractivity contribution is -0.870. The summed E-state index contributed by atoms with van der Waals surface area (Å²) in [5.41, 5.74) is 0. The van der Waals surface area contributed by atoms with Crippen molar-refractivity contribution in [3.63, 3.8) is 0 Å². The first-order chi connectivity index (χ1) is 34.6. The van der Waals surface area contributed by atoms with E-state index in [-0.39, 0.29) is 38.2 Å². The van der Waals surface area contributed by atoms with E-state index in [1.54, 1.807) is 0 Å².